The molecule has 298 valence electrons. The zero-order valence-corrected chi connectivity index (χ0v) is 32.3. The van der Waals surface area contributed by atoms with Crippen molar-refractivity contribution >= 4 is 45.8 Å². The Bertz CT molecular complexity index is 1770. The first kappa shape index (κ1) is 44.1. The van der Waals surface area contributed by atoms with Gasteiger partial charge in [-0.3, -0.25) is 19.6 Å². The number of rotatable bonds is 26. The number of amides is 2. The van der Waals surface area contributed by atoms with Crippen molar-refractivity contribution in [2.24, 2.45) is 5.10 Å². The Balaban J connectivity index is 1.28. The predicted molar refractivity (Wildman–Crippen MR) is 214 cm³/mol. The number of hydrogen-bond acceptors (Lipinski definition) is 11. The van der Waals surface area contributed by atoms with Gasteiger partial charge in [-0.05, 0) is 80.8 Å². The van der Waals surface area contributed by atoms with Crippen LogP contribution in [0.25, 0.3) is 0 Å². The molecule has 0 fully saturated rings. The summed E-state index contributed by atoms with van der Waals surface area (Å²) in [7, 11) is -2.56. The molecular weight excluding hydrogens is 725 g/mol. The number of anilines is 2. The summed E-state index contributed by atoms with van der Waals surface area (Å²) in [5.41, 5.74) is 5.00. The SMILES string of the molecule is C=CCCCCCCC(CCCCCCC(=O)NCCNC(=O)c1ccc(N/N=C\c2ccccc2S(=O)(=O)O)nc1)OC(=O)OCc1ccc(NC)cc1. The number of allylic oxidation sites excluding steroid dienone is 1. The third-order valence-corrected chi connectivity index (χ3v) is 9.49. The van der Waals surface area contributed by atoms with Crippen LogP contribution in [-0.2, 0) is 31.0 Å². The monoisotopic (exact) mass is 778 g/mol. The molecule has 0 saturated carbocycles. The third kappa shape index (κ3) is 18.1. The lowest BCUT2D eigenvalue weighted by atomic mass is 10.0. The largest absolute Gasteiger partial charge is 0.508 e. The smallest absolute Gasteiger partial charge is 0.431 e. The normalized spacial score (nSPS) is 11.7. The number of carbonyl (C=O) groups is 3. The maximum Gasteiger partial charge on any atom is 0.508 e. The second kappa shape index (κ2) is 24.9. The highest BCUT2D eigenvalue weighted by molar-refractivity contribution is 7.86. The number of benzene rings is 2. The fourth-order valence-corrected chi connectivity index (χ4v) is 6.19. The van der Waals surface area contributed by atoms with Crippen molar-refractivity contribution in [2.45, 2.75) is 94.7 Å². The highest BCUT2D eigenvalue weighted by Gasteiger charge is 2.16. The molecule has 1 unspecified atom stereocenters. The molecule has 2 aromatic carbocycles. The molecule has 14 nitrogen and oxygen atoms in total. The predicted octanol–water partition coefficient (Wildman–Crippen LogP) is 7.25. The fraction of sp³-hybridized carbons (Fsp3) is 0.425. The first-order valence-corrected chi connectivity index (χ1v) is 20.1. The number of aromatic nitrogens is 1. The molecule has 1 atom stereocenters. The van der Waals surface area contributed by atoms with Crippen molar-refractivity contribution < 1.29 is 36.8 Å². The Morgan fingerprint density at radius 2 is 1.58 bits per heavy atom. The van der Waals surface area contributed by atoms with Gasteiger partial charge in [0.15, 0.2) is 0 Å². The molecule has 1 aromatic heterocycles. The molecule has 5 N–H and O–H groups in total. The third-order valence-electron chi connectivity index (χ3n) is 8.56. The van der Waals surface area contributed by atoms with Crippen molar-refractivity contribution in [3.63, 3.8) is 0 Å². The van der Waals surface area contributed by atoms with Crippen molar-refractivity contribution in [3.8, 4) is 0 Å². The van der Waals surface area contributed by atoms with Gasteiger partial charge >= 0.3 is 6.16 Å². The summed E-state index contributed by atoms with van der Waals surface area (Å²) in [5.74, 6) is -0.139. The van der Waals surface area contributed by atoms with E-state index in [0.29, 0.717) is 17.8 Å². The topological polar surface area (TPSA) is 197 Å². The van der Waals surface area contributed by atoms with Crippen LogP contribution in [0.5, 0.6) is 0 Å². The van der Waals surface area contributed by atoms with Crippen molar-refractivity contribution in [3.05, 3.63) is 96.2 Å². The zero-order valence-electron chi connectivity index (χ0n) is 31.5. The Labute approximate surface area is 324 Å². The average Bonchev–Trinajstić information content (AvgIpc) is 3.18. The van der Waals surface area contributed by atoms with Gasteiger partial charge in [0.25, 0.3) is 16.0 Å². The van der Waals surface area contributed by atoms with Crippen molar-refractivity contribution in [2.75, 3.05) is 30.9 Å². The molecule has 0 radical (unpaired) electrons. The van der Waals surface area contributed by atoms with Crippen LogP contribution in [0.1, 0.15) is 98.5 Å². The summed E-state index contributed by atoms with van der Waals surface area (Å²) >= 11 is 0. The molecule has 0 aliphatic carbocycles. The van der Waals surface area contributed by atoms with E-state index in [4.69, 9.17) is 9.47 Å². The minimum absolute atomic E-state index is 0.0906. The minimum atomic E-state index is -4.40. The molecule has 3 rings (SSSR count). The Hall–Kier alpha value is -5.28. The highest BCUT2D eigenvalue weighted by Crippen LogP contribution is 2.18. The van der Waals surface area contributed by atoms with Crippen LogP contribution in [0.3, 0.4) is 0 Å². The summed E-state index contributed by atoms with van der Waals surface area (Å²) < 4.78 is 43.5. The number of unbranched alkanes of at least 4 members (excludes halogenated alkanes) is 7. The summed E-state index contributed by atoms with van der Waals surface area (Å²) in [6.45, 7) is 4.44. The number of hydrogen-bond donors (Lipinski definition) is 5. The average molecular weight is 779 g/mol. The molecule has 1 heterocycles. The molecule has 0 aliphatic rings. The molecule has 0 saturated heterocycles. The first-order valence-electron chi connectivity index (χ1n) is 18.7. The molecule has 0 spiro atoms. The van der Waals surface area contributed by atoms with Crippen LogP contribution in [0.4, 0.5) is 16.3 Å². The van der Waals surface area contributed by atoms with Crippen LogP contribution in [0.2, 0.25) is 0 Å². The van der Waals surface area contributed by atoms with Crippen molar-refractivity contribution in [1.82, 2.24) is 15.6 Å². The van der Waals surface area contributed by atoms with E-state index < -0.39 is 16.3 Å². The zero-order chi connectivity index (χ0) is 39.7. The molecular formula is C40H54N6O8S. The van der Waals surface area contributed by atoms with E-state index in [2.05, 4.69) is 38.0 Å². The van der Waals surface area contributed by atoms with Gasteiger partial charge in [0.05, 0.1) is 11.8 Å². The second-order valence-electron chi connectivity index (χ2n) is 12.9. The number of carbonyl (C=O) groups excluding carboxylic acids is 3. The number of hydrazone groups is 1. The van der Waals surface area contributed by atoms with Gasteiger partial charge < -0.3 is 25.4 Å². The van der Waals surface area contributed by atoms with E-state index in [1.807, 2.05) is 37.4 Å². The van der Waals surface area contributed by atoms with Gasteiger partial charge in [-0.1, -0.05) is 62.1 Å². The van der Waals surface area contributed by atoms with E-state index in [9.17, 15) is 27.4 Å². The molecule has 0 aliphatic heterocycles. The maximum atomic E-state index is 12.5. The van der Waals surface area contributed by atoms with Crippen LogP contribution in [-0.4, -0.2) is 68.4 Å². The molecule has 55 heavy (non-hydrogen) atoms. The van der Waals surface area contributed by atoms with E-state index in [1.54, 1.807) is 12.1 Å². The lowest BCUT2D eigenvalue weighted by molar-refractivity contribution is -0.121. The van der Waals surface area contributed by atoms with Crippen LogP contribution in [0, 0.1) is 0 Å². The van der Waals surface area contributed by atoms with Crippen molar-refractivity contribution in [1.29, 1.82) is 0 Å². The number of pyridine rings is 1. The second-order valence-corrected chi connectivity index (χ2v) is 14.3. The van der Waals surface area contributed by atoms with Gasteiger partial charge in [0.2, 0.25) is 5.91 Å². The Morgan fingerprint density at radius 1 is 0.891 bits per heavy atom. The fourth-order valence-electron chi connectivity index (χ4n) is 5.52. The summed E-state index contributed by atoms with van der Waals surface area (Å²) in [4.78, 5) is 41.2. The molecule has 2 amide bonds. The summed E-state index contributed by atoms with van der Waals surface area (Å²) in [6.07, 6.45) is 14.2. The maximum absolute atomic E-state index is 12.5. The minimum Gasteiger partial charge on any atom is -0.431 e. The van der Waals surface area contributed by atoms with Gasteiger partial charge in [-0.15, -0.1) is 6.58 Å². The van der Waals surface area contributed by atoms with Crippen LogP contribution < -0.4 is 21.4 Å². The van der Waals surface area contributed by atoms with Crippen LogP contribution in [0.15, 0.2) is 89.5 Å². The van der Waals surface area contributed by atoms with Gasteiger partial charge in [0, 0.05) is 44.0 Å². The Kier molecular flexibility index (Phi) is 20.0. The van der Waals surface area contributed by atoms with E-state index in [0.717, 1.165) is 81.9 Å². The summed E-state index contributed by atoms with van der Waals surface area (Å²) in [5, 5.41) is 12.6. The Morgan fingerprint density at radius 3 is 2.25 bits per heavy atom. The standard InChI is InChI=1S/C40H54N6O8S/c1-3-4-5-6-7-10-16-35(54-40(49)53-30-31-20-23-34(41-2)24-21-31)17-11-8-9-12-19-38(47)42-26-27-43-39(48)33-22-25-37(44-28-33)46-45-29-32-15-13-14-18-36(32)55(50,51)52/h3,13-15,18,20-25,28-29,35,41H,1,4-12,16-17,19,26-27,30H2,2H3,(H,42,47)(H,43,48)(H,44,46)(H,50,51,52)/b45-29-. The van der Waals surface area contributed by atoms with E-state index in [-0.39, 0.29) is 48.1 Å². The van der Waals surface area contributed by atoms with E-state index in [1.165, 1.54) is 36.7 Å². The first-order chi connectivity index (χ1) is 26.6. The van der Waals surface area contributed by atoms with Gasteiger partial charge in [0.1, 0.15) is 23.4 Å². The van der Waals surface area contributed by atoms with Gasteiger partial charge in [-0.25, -0.2) is 9.78 Å². The molecule has 0 bridgehead atoms. The van der Waals surface area contributed by atoms with E-state index >= 15 is 0 Å². The number of ether oxygens (including phenoxy) is 2. The van der Waals surface area contributed by atoms with Gasteiger partial charge in [-0.2, -0.15) is 13.5 Å². The summed E-state index contributed by atoms with van der Waals surface area (Å²) in [6, 6.07) is 16.6. The number of nitrogens with one attached hydrogen (secondary N) is 4. The molecule has 15 heteroatoms. The van der Waals surface area contributed by atoms with Crippen LogP contribution >= 0.6 is 0 Å². The quantitative estimate of drug-likeness (QED) is 0.0137. The lowest BCUT2D eigenvalue weighted by Crippen LogP contribution is -2.34. The lowest BCUT2D eigenvalue weighted by Gasteiger charge is -2.18. The highest BCUT2D eigenvalue weighted by atomic mass is 32.2. The molecule has 3 aromatic rings. The number of nitrogens with zero attached hydrogens (tertiary/aromatic N) is 2.